The van der Waals surface area contributed by atoms with Crippen LogP contribution in [0.3, 0.4) is 0 Å². The molecular weight excluding hydrogens is 351 g/mol. The second kappa shape index (κ2) is 6.11. The monoisotopic (exact) mass is 358 g/mol. The van der Waals surface area contributed by atoms with Gasteiger partial charge in [0.1, 0.15) is 17.3 Å². The summed E-state index contributed by atoms with van der Waals surface area (Å²) in [4.78, 5) is 0. The summed E-state index contributed by atoms with van der Waals surface area (Å²) < 4.78 is 19.2. The molecule has 0 atom stereocenters. The highest BCUT2D eigenvalue weighted by Crippen LogP contribution is 2.29. The Morgan fingerprint density at radius 3 is 2.50 bits per heavy atom. The summed E-state index contributed by atoms with van der Waals surface area (Å²) in [6.45, 7) is 0. The molecule has 3 N–H and O–H groups in total. The van der Waals surface area contributed by atoms with Crippen molar-refractivity contribution < 1.29 is 14.3 Å². The van der Waals surface area contributed by atoms with Crippen molar-refractivity contribution in [2.24, 2.45) is 10.9 Å². The fraction of sp³-hybridized carbons (Fsp3) is 0. The highest BCUT2D eigenvalue weighted by Gasteiger charge is 2.08. The number of halogens is 3. The first-order valence-corrected chi connectivity index (χ1v) is 6.58. The average molecular weight is 360 g/mol. The van der Waals surface area contributed by atoms with Crippen LogP contribution in [0, 0.1) is 5.82 Å². The van der Waals surface area contributed by atoms with Crippen LogP contribution in [-0.4, -0.2) is 11.0 Å². The molecule has 2 rings (SSSR count). The number of rotatable bonds is 3. The first-order valence-electron chi connectivity index (χ1n) is 5.41. The van der Waals surface area contributed by atoms with Gasteiger partial charge in [-0.25, -0.2) is 4.39 Å². The van der Waals surface area contributed by atoms with E-state index in [1.54, 1.807) is 18.2 Å². The number of oxime groups is 1. The molecule has 4 nitrogen and oxygen atoms in total. The standard InChI is InChI=1S/C13H9BrClFN2O2/c14-10-5-7(1-3-9(10)13(17)18-19)20-8-2-4-12(16)11(15)6-8/h1-6,19H,(H2,17,18). The Hall–Kier alpha value is -1.79. The van der Waals surface area contributed by atoms with Gasteiger partial charge in [0.05, 0.1) is 5.02 Å². The second-order valence-corrected chi connectivity index (χ2v) is 5.07. The molecule has 0 fully saturated rings. The number of benzene rings is 2. The van der Waals surface area contributed by atoms with Crippen LogP contribution < -0.4 is 10.5 Å². The number of ether oxygens (including phenoxy) is 1. The largest absolute Gasteiger partial charge is 0.457 e. The van der Waals surface area contributed by atoms with Gasteiger partial charge in [0.2, 0.25) is 0 Å². The Labute approximate surface area is 127 Å². The van der Waals surface area contributed by atoms with Gasteiger partial charge in [-0.2, -0.15) is 0 Å². The van der Waals surface area contributed by atoms with E-state index in [1.165, 1.54) is 18.2 Å². The lowest BCUT2D eigenvalue weighted by Crippen LogP contribution is -2.13. The Morgan fingerprint density at radius 1 is 1.25 bits per heavy atom. The van der Waals surface area contributed by atoms with Crippen molar-refractivity contribution in [3.05, 3.63) is 57.3 Å². The molecule has 0 amide bonds. The topological polar surface area (TPSA) is 67.8 Å². The third-order valence-corrected chi connectivity index (χ3v) is 3.40. The van der Waals surface area contributed by atoms with E-state index in [9.17, 15) is 4.39 Å². The minimum absolute atomic E-state index is 0.0187. The van der Waals surface area contributed by atoms with Crippen LogP contribution in [0.2, 0.25) is 5.02 Å². The molecule has 0 aliphatic carbocycles. The fourth-order valence-electron chi connectivity index (χ4n) is 1.50. The summed E-state index contributed by atoms with van der Waals surface area (Å²) in [5, 5.41) is 11.5. The Bertz CT molecular complexity index is 679. The van der Waals surface area contributed by atoms with Gasteiger partial charge in [-0.1, -0.05) is 16.8 Å². The molecule has 2 aromatic rings. The normalized spacial score (nSPS) is 11.4. The lowest BCUT2D eigenvalue weighted by Gasteiger charge is -2.09. The fourth-order valence-corrected chi connectivity index (χ4v) is 2.23. The summed E-state index contributed by atoms with van der Waals surface area (Å²) in [6.07, 6.45) is 0. The van der Waals surface area contributed by atoms with Gasteiger partial charge in [-0.3, -0.25) is 0 Å². The minimum Gasteiger partial charge on any atom is -0.457 e. The smallest absolute Gasteiger partial charge is 0.171 e. The maximum Gasteiger partial charge on any atom is 0.171 e. The molecule has 0 bridgehead atoms. The first kappa shape index (κ1) is 14.6. The van der Waals surface area contributed by atoms with E-state index in [-0.39, 0.29) is 10.9 Å². The minimum atomic E-state index is -0.512. The van der Waals surface area contributed by atoms with Crippen molar-refractivity contribution in [1.29, 1.82) is 0 Å². The zero-order valence-electron chi connectivity index (χ0n) is 9.98. The first-order chi connectivity index (χ1) is 9.51. The summed E-state index contributed by atoms with van der Waals surface area (Å²) >= 11 is 8.96. The van der Waals surface area contributed by atoms with Crippen LogP contribution in [0.1, 0.15) is 5.56 Å². The van der Waals surface area contributed by atoms with Gasteiger partial charge in [-0.05, 0) is 46.3 Å². The molecule has 0 saturated carbocycles. The van der Waals surface area contributed by atoms with Crippen molar-refractivity contribution in [1.82, 2.24) is 0 Å². The number of nitrogens with zero attached hydrogens (tertiary/aromatic N) is 1. The van der Waals surface area contributed by atoms with E-state index < -0.39 is 5.82 Å². The third kappa shape index (κ3) is 3.20. The summed E-state index contributed by atoms with van der Waals surface area (Å²) in [5.41, 5.74) is 6.03. The Kier molecular flexibility index (Phi) is 4.46. The summed E-state index contributed by atoms with van der Waals surface area (Å²) in [5.74, 6) is 0.365. The zero-order chi connectivity index (χ0) is 14.7. The number of amidine groups is 1. The molecule has 20 heavy (non-hydrogen) atoms. The summed E-state index contributed by atoms with van der Waals surface area (Å²) in [7, 11) is 0. The van der Waals surface area contributed by atoms with Gasteiger partial charge in [-0.15, -0.1) is 0 Å². The molecule has 0 unspecified atom stereocenters. The molecule has 7 heteroatoms. The maximum absolute atomic E-state index is 13.0. The molecule has 2 aromatic carbocycles. The molecule has 0 heterocycles. The van der Waals surface area contributed by atoms with E-state index in [0.29, 0.717) is 21.5 Å². The predicted octanol–water partition coefficient (Wildman–Crippen LogP) is 4.13. The molecule has 0 radical (unpaired) electrons. The lowest BCUT2D eigenvalue weighted by molar-refractivity contribution is 0.318. The van der Waals surface area contributed by atoms with E-state index in [2.05, 4.69) is 21.1 Å². The number of hydrogen-bond acceptors (Lipinski definition) is 3. The molecule has 104 valence electrons. The van der Waals surface area contributed by atoms with Crippen LogP contribution in [-0.2, 0) is 0 Å². The molecule has 0 aliphatic heterocycles. The van der Waals surface area contributed by atoms with Crippen LogP contribution in [0.15, 0.2) is 46.0 Å². The van der Waals surface area contributed by atoms with Crippen molar-refractivity contribution in [3.63, 3.8) is 0 Å². The van der Waals surface area contributed by atoms with Gasteiger partial charge in [0, 0.05) is 16.1 Å². The van der Waals surface area contributed by atoms with Gasteiger partial charge < -0.3 is 15.7 Å². The van der Waals surface area contributed by atoms with E-state index in [0.717, 1.165) is 0 Å². The Balaban J connectivity index is 2.26. The van der Waals surface area contributed by atoms with Crippen molar-refractivity contribution >= 4 is 33.4 Å². The highest BCUT2D eigenvalue weighted by atomic mass is 79.9. The highest BCUT2D eigenvalue weighted by molar-refractivity contribution is 9.10. The SMILES string of the molecule is N/C(=N/O)c1ccc(Oc2ccc(F)c(Cl)c2)cc1Br. The molecule has 0 saturated heterocycles. The van der Waals surface area contributed by atoms with Crippen LogP contribution in [0.25, 0.3) is 0 Å². The van der Waals surface area contributed by atoms with Crippen molar-refractivity contribution in [2.45, 2.75) is 0 Å². The lowest BCUT2D eigenvalue weighted by atomic mass is 10.2. The predicted molar refractivity (Wildman–Crippen MR) is 78.1 cm³/mol. The van der Waals surface area contributed by atoms with Crippen molar-refractivity contribution in [2.75, 3.05) is 0 Å². The van der Waals surface area contributed by atoms with Gasteiger partial charge in [0.15, 0.2) is 5.84 Å². The number of nitrogens with two attached hydrogens (primary N) is 1. The van der Waals surface area contributed by atoms with E-state index in [4.69, 9.17) is 27.3 Å². The van der Waals surface area contributed by atoms with Crippen LogP contribution >= 0.6 is 27.5 Å². The van der Waals surface area contributed by atoms with Gasteiger partial charge >= 0.3 is 0 Å². The Morgan fingerprint density at radius 2 is 1.90 bits per heavy atom. The average Bonchev–Trinajstić information content (AvgIpc) is 2.42. The van der Waals surface area contributed by atoms with Crippen LogP contribution in [0.5, 0.6) is 11.5 Å². The van der Waals surface area contributed by atoms with Crippen LogP contribution in [0.4, 0.5) is 4.39 Å². The molecular formula is C13H9BrClFN2O2. The van der Waals surface area contributed by atoms with Gasteiger partial charge in [0.25, 0.3) is 0 Å². The zero-order valence-corrected chi connectivity index (χ0v) is 12.3. The molecule has 0 spiro atoms. The number of hydrogen-bond donors (Lipinski definition) is 2. The molecule has 0 aromatic heterocycles. The summed E-state index contributed by atoms with van der Waals surface area (Å²) in [6, 6.07) is 8.96. The maximum atomic E-state index is 13.0. The quantitative estimate of drug-likeness (QED) is 0.375. The van der Waals surface area contributed by atoms with Crippen molar-refractivity contribution in [3.8, 4) is 11.5 Å². The van der Waals surface area contributed by atoms with E-state index in [1.807, 2.05) is 0 Å². The molecule has 0 aliphatic rings. The second-order valence-electron chi connectivity index (χ2n) is 3.80. The third-order valence-electron chi connectivity index (χ3n) is 2.45. The van der Waals surface area contributed by atoms with E-state index >= 15 is 0 Å².